The van der Waals surface area contributed by atoms with Crippen molar-refractivity contribution in [3.8, 4) is 0 Å². The Labute approximate surface area is 158 Å². The predicted molar refractivity (Wildman–Crippen MR) is 104 cm³/mol. The standard InChI is InChI=1S/C18H29N3O2S2/c1-3-16-19-14(10-25-16)9-20-8-5-15(22)18(12-20)6-4-7-21(13-18)17(23)11-24-2/h10,15,22H,3-9,11-13H2,1-2H3/t15-,18-/m1/s1. The Kier molecular flexibility index (Phi) is 6.41. The number of piperidine rings is 2. The van der Waals surface area contributed by atoms with Crippen LogP contribution in [0.3, 0.4) is 0 Å². The summed E-state index contributed by atoms with van der Waals surface area (Å²) in [5, 5.41) is 14.1. The molecule has 1 spiro atoms. The molecule has 2 aliphatic heterocycles. The summed E-state index contributed by atoms with van der Waals surface area (Å²) in [5.41, 5.74) is 0.966. The van der Waals surface area contributed by atoms with Crippen molar-refractivity contribution < 1.29 is 9.90 Å². The maximum Gasteiger partial charge on any atom is 0.232 e. The van der Waals surface area contributed by atoms with Crippen LogP contribution >= 0.6 is 23.1 Å². The first-order valence-electron chi connectivity index (χ1n) is 9.17. The van der Waals surface area contributed by atoms with E-state index < -0.39 is 0 Å². The summed E-state index contributed by atoms with van der Waals surface area (Å²) in [4.78, 5) is 21.4. The molecule has 1 aromatic heterocycles. The first-order valence-corrected chi connectivity index (χ1v) is 11.4. The maximum atomic E-state index is 12.3. The number of hydrogen-bond acceptors (Lipinski definition) is 6. The third kappa shape index (κ3) is 4.38. The number of aliphatic hydroxyl groups is 1. The van der Waals surface area contributed by atoms with Crippen molar-refractivity contribution >= 4 is 29.0 Å². The van der Waals surface area contributed by atoms with Crippen LogP contribution in [0.4, 0.5) is 0 Å². The van der Waals surface area contributed by atoms with Crippen LogP contribution in [-0.2, 0) is 17.8 Å². The van der Waals surface area contributed by atoms with Crippen LogP contribution < -0.4 is 0 Å². The molecule has 0 saturated carbocycles. The Bertz CT molecular complexity index is 595. The van der Waals surface area contributed by atoms with Gasteiger partial charge in [-0.15, -0.1) is 11.3 Å². The molecule has 2 atom stereocenters. The van der Waals surface area contributed by atoms with Crippen LogP contribution in [0, 0.1) is 5.41 Å². The van der Waals surface area contributed by atoms with Gasteiger partial charge in [0.25, 0.3) is 0 Å². The number of amides is 1. The molecule has 2 fully saturated rings. The van der Waals surface area contributed by atoms with Gasteiger partial charge in [-0.1, -0.05) is 6.92 Å². The fraction of sp³-hybridized carbons (Fsp3) is 0.778. The minimum absolute atomic E-state index is 0.172. The molecule has 0 aromatic carbocycles. The molecule has 0 aliphatic carbocycles. The lowest BCUT2D eigenvalue weighted by atomic mass is 9.71. The van der Waals surface area contributed by atoms with Crippen LogP contribution in [0.25, 0.3) is 0 Å². The van der Waals surface area contributed by atoms with Crippen molar-refractivity contribution in [2.75, 3.05) is 38.2 Å². The van der Waals surface area contributed by atoms with Crippen LogP contribution in [0.15, 0.2) is 5.38 Å². The maximum absolute atomic E-state index is 12.3. The van der Waals surface area contributed by atoms with Gasteiger partial charge in [0, 0.05) is 43.5 Å². The first-order chi connectivity index (χ1) is 12.1. The number of carbonyl (C=O) groups is 1. The Morgan fingerprint density at radius 1 is 1.48 bits per heavy atom. The molecule has 1 amide bonds. The molecule has 2 aliphatic rings. The van der Waals surface area contributed by atoms with Crippen LogP contribution in [0.2, 0.25) is 0 Å². The number of rotatable bonds is 5. The second-order valence-corrected chi connectivity index (χ2v) is 9.12. The minimum atomic E-state index is -0.310. The Morgan fingerprint density at radius 3 is 3.04 bits per heavy atom. The van der Waals surface area contributed by atoms with E-state index in [0.29, 0.717) is 12.3 Å². The van der Waals surface area contributed by atoms with Crippen molar-refractivity contribution in [1.29, 1.82) is 0 Å². The Hall–Kier alpha value is -0.630. The van der Waals surface area contributed by atoms with E-state index in [9.17, 15) is 9.90 Å². The highest BCUT2D eigenvalue weighted by molar-refractivity contribution is 7.99. The molecule has 3 heterocycles. The summed E-state index contributed by atoms with van der Waals surface area (Å²) < 4.78 is 0. The van der Waals surface area contributed by atoms with E-state index in [2.05, 4.69) is 17.2 Å². The molecule has 0 unspecified atom stereocenters. The van der Waals surface area contributed by atoms with E-state index in [-0.39, 0.29) is 17.4 Å². The molecule has 7 heteroatoms. The van der Waals surface area contributed by atoms with E-state index in [0.717, 1.165) is 57.6 Å². The van der Waals surface area contributed by atoms with Crippen LogP contribution in [0.5, 0.6) is 0 Å². The molecule has 2 saturated heterocycles. The normalized spacial score (nSPS) is 27.8. The van der Waals surface area contributed by atoms with Gasteiger partial charge in [0.2, 0.25) is 5.91 Å². The fourth-order valence-corrected chi connectivity index (χ4v) is 5.34. The number of aromatic nitrogens is 1. The average Bonchev–Trinajstić information content (AvgIpc) is 3.06. The highest BCUT2D eigenvalue weighted by Gasteiger charge is 2.46. The Morgan fingerprint density at radius 2 is 2.32 bits per heavy atom. The SMILES string of the molecule is CCc1nc(CN2CC[C@@H](O)[C@]3(CCCN(C(=O)CSC)C3)C2)cs1. The average molecular weight is 384 g/mol. The quantitative estimate of drug-likeness (QED) is 0.845. The molecular formula is C18H29N3O2S2. The second-order valence-electron chi connectivity index (χ2n) is 7.32. The number of carbonyl (C=O) groups excluding carboxylic acids is 1. The van der Waals surface area contributed by atoms with Gasteiger partial charge in [-0.3, -0.25) is 9.69 Å². The molecule has 1 N–H and O–H groups in total. The third-order valence-electron chi connectivity index (χ3n) is 5.48. The van der Waals surface area contributed by atoms with Gasteiger partial charge >= 0.3 is 0 Å². The lowest BCUT2D eigenvalue weighted by molar-refractivity contribution is -0.138. The smallest absolute Gasteiger partial charge is 0.232 e. The summed E-state index contributed by atoms with van der Waals surface area (Å²) in [6.45, 7) is 6.28. The predicted octanol–water partition coefficient (Wildman–Crippen LogP) is 2.24. The summed E-state index contributed by atoms with van der Waals surface area (Å²) in [5.74, 6) is 0.747. The number of hydrogen-bond donors (Lipinski definition) is 1. The van der Waals surface area contributed by atoms with Crippen molar-refractivity contribution in [2.45, 2.75) is 45.3 Å². The number of aryl methyl sites for hydroxylation is 1. The number of thiazole rings is 1. The third-order valence-corrected chi connectivity index (χ3v) is 7.06. The van der Waals surface area contributed by atoms with Crippen LogP contribution in [0.1, 0.15) is 36.9 Å². The van der Waals surface area contributed by atoms with E-state index in [1.807, 2.05) is 11.2 Å². The van der Waals surface area contributed by atoms with E-state index in [1.165, 1.54) is 5.01 Å². The molecule has 25 heavy (non-hydrogen) atoms. The summed E-state index contributed by atoms with van der Waals surface area (Å²) >= 11 is 3.31. The number of aliphatic hydroxyl groups excluding tert-OH is 1. The van der Waals surface area contributed by atoms with Crippen molar-refractivity contribution in [2.24, 2.45) is 5.41 Å². The number of thioether (sulfide) groups is 1. The zero-order valence-corrected chi connectivity index (χ0v) is 16.9. The Balaban J connectivity index is 1.67. The molecule has 0 bridgehead atoms. The van der Waals surface area contributed by atoms with Gasteiger partial charge in [0.15, 0.2) is 0 Å². The van der Waals surface area contributed by atoms with Crippen molar-refractivity contribution in [3.05, 3.63) is 16.1 Å². The zero-order valence-electron chi connectivity index (χ0n) is 15.2. The summed E-state index contributed by atoms with van der Waals surface area (Å²) in [7, 11) is 0. The first kappa shape index (κ1) is 19.1. The lowest BCUT2D eigenvalue weighted by Gasteiger charge is -2.51. The van der Waals surface area contributed by atoms with Gasteiger partial charge in [-0.2, -0.15) is 11.8 Å². The monoisotopic (exact) mass is 383 g/mol. The van der Waals surface area contributed by atoms with Gasteiger partial charge in [0.1, 0.15) is 0 Å². The largest absolute Gasteiger partial charge is 0.392 e. The molecule has 3 rings (SSSR count). The molecule has 1 aromatic rings. The zero-order chi connectivity index (χ0) is 17.9. The van der Waals surface area contributed by atoms with Gasteiger partial charge in [-0.25, -0.2) is 4.98 Å². The van der Waals surface area contributed by atoms with Gasteiger partial charge in [-0.05, 0) is 31.9 Å². The topological polar surface area (TPSA) is 56.7 Å². The minimum Gasteiger partial charge on any atom is -0.392 e. The van der Waals surface area contributed by atoms with Crippen molar-refractivity contribution in [3.63, 3.8) is 0 Å². The highest BCUT2D eigenvalue weighted by atomic mass is 32.2. The molecule has 5 nitrogen and oxygen atoms in total. The van der Waals surface area contributed by atoms with Crippen LogP contribution in [-0.4, -0.2) is 70.1 Å². The van der Waals surface area contributed by atoms with E-state index >= 15 is 0 Å². The molecular weight excluding hydrogens is 354 g/mol. The summed E-state index contributed by atoms with van der Waals surface area (Å²) in [6, 6.07) is 0. The van der Waals surface area contributed by atoms with Gasteiger partial charge in [0.05, 0.1) is 22.6 Å². The van der Waals surface area contributed by atoms with Crippen molar-refractivity contribution in [1.82, 2.24) is 14.8 Å². The van der Waals surface area contributed by atoms with Gasteiger partial charge < -0.3 is 10.0 Å². The molecule has 140 valence electrons. The molecule has 0 radical (unpaired) electrons. The van der Waals surface area contributed by atoms with E-state index in [1.54, 1.807) is 23.1 Å². The number of nitrogens with zero attached hydrogens (tertiary/aromatic N) is 3. The fourth-order valence-electron chi connectivity index (χ4n) is 4.18. The van der Waals surface area contributed by atoms with E-state index in [4.69, 9.17) is 4.98 Å². The second kappa shape index (κ2) is 8.37. The number of likely N-dealkylation sites (tertiary alicyclic amines) is 2. The lowest BCUT2D eigenvalue weighted by Crippen LogP contribution is -2.59. The summed E-state index contributed by atoms with van der Waals surface area (Å²) in [6.07, 6.45) is 5.42. The highest BCUT2D eigenvalue weighted by Crippen LogP contribution is 2.39.